The number of sulfonamides is 1. The topological polar surface area (TPSA) is 102 Å². The van der Waals surface area contributed by atoms with Crippen LogP contribution in [0.1, 0.15) is 11.1 Å². The SMILES string of the molecule is N#Cc1cccc(CC(NS(=O)(=O)c2ccc3ccccc3c2)C(=O)N2CCNCC2)c1. The van der Waals surface area contributed by atoms with Crippen LogP contribution in [0.2, 0.25) is 0 Å². The van der Waals surface area contributed by atoms with Crippen molar-refractivity contribution in [3.8, 4) is 6.07 Å². The van der Waals surface area contributed by atoms with Crippen LogP contribution >= 0.6 is 0 Å². The summed E-state index contributed by atoms with van der Waals surface area (Å²) >= 11 is 0. The van der Waals surface area contributed by atoms with Crippen LogP contribution in [0.25, 0.3) is 10.8 Å². The van der Waals surface area contributed by atoms with Gasteiger partial charge in [0.25, 0.3) is 0 Å². The molecule has 1 heterocycles. The highest BCUT2D eigenvalue weighted by Crippen LogP contribution is 2.20. The molecule has 4 rings (SSSR count). The number of benzene rings is 3. The first-order valence-electron chi connectivity index (χ1n) is 10.5. The van der Waals surface area contributed by atoms with Gasteiger partial charge in [-0.05, 0) is 47.0 Å². The Labute approximate surface area is 187 Å². The molecule has 2 N–H and O–H groups in total. The van der Waals surface area contributed by atoms with E-state index in [0.29, 0.717) is 31.7 Å². The van der Waals surface area contributed by atoms with Gasteiger partial charge in [-0.25, -0.2) is 8.42 Å². The van der Waals surface area contributed by atoms with Crippen LogP contribution in [0.3, 0.4) is 0 Å². The standard InChI is InChI=1S/C24H24N4O3S/c25-17-19-5-3-4-18(14-19)15-23(24(29)28-12-10-26-11-13-28)27-32(30,31)22-9-8-20-6-1-2-7-21(20)16-22/h1-9,14,16,23,26-27H,10-13,15H2. The molecule has 1 aliphatic heterocycles. The maximum Gasteiger partial charge on any atom is 0.241 e. The van der Waals surface area contributed by atoms with E-state index in [0.717, 1.165) is 16.3 Å². The Bertz CT molecular complexity index is 1280. The number of piperazine rings is 1. The first-order valence-corrected chi connectivity index (χ1v) is 11.9. The Kier molecular flexibility index (Phi) is 6.51. The van der Waals surface area contributed by atoms with Crippen LogP contribution < -0.4 is 10.0 Å². The zero-order valence-electron chi connectivity index (χ0n) is 17.5. The summed E-state index contributed by atoms with van der Waals surface area (Å²) < 4.78 is 29.1. The molecule has 164 valence electrons. The molecule has 32 heavy (non-hydrogen) atoms. The van der Waals surface area contributed by atoms with Crippen molar-refractivity contribution in [2.75, 3.05) is 26.2 Å². The number of nitrogens with zero attached hydrogens (tertiary/aromatic N) is 2. The molecule has 3 aromatic carbocycles. The van der Waals surface area contributed by atoms with Gasteiger partial charge in [0, 0.05) is 26.2 Å². The third-order valence-corrected chi connectivity index (χ3v) is 7.02. The largest absolute Gasteiger partial charge is 0.339 e. The first-order chi connectivity index (χ1) is 15.5. The van der Waals surface area contributed by atoms with Gasteiger partial charge in [-0.3, -0.25) is 4.79 Å². The van der Waals surface area contributed by atoms with Gasteiger partial charge >= 0.3 is 0 Å². The van der Waals surface area contributed by atoms with E-state index in [1.54, 1.807) is 47.4 Å². The smallest absolute Gasteiger partial charge is 0.241 e. The number of hydrogen-bond acceptors (Lipinski definition) is 5. The predicted molar refractivity (Wildman–Crippen MR) is 122 cm³/mol. The summed E-state index contributed by atoms with van der Waals surface area (Å²) in [6.07, 6.45) is 0.158. The van der Waals surface area contributed by atoms with Crippen LogP contribution in [0.15, 0.2) is 71.6 Å². The average Bonchev–Trinajstić information content (AvgIpc) is 2.83. The Morgan fingerprint density at radius 2 is 1.78 bits per heavy atom. The summed E-state index contributed by atoms with van der Waals surface area (Å²) in [7, 11) is -3.95. The highest BCUT2D eigenvalue weighted by Gasteiger charge is 2.30. The van der Waals surface area contributed by atoms with Gasteiger partial charge in [0.15, 0.2) is 0 Å². The van der Waals surface area contributed by atoms with E-state index in [-0.39, 0.29) is 17.2 Å². The second-order valence-corrected chi connectivity index (χ2v) is 9.49. The minimum absolute atomic E-state index is 0.111. The molecule has 0 aliphatic carbocycles. The fourth-order valence-corrected chi connectivity index (χ4v) is 5.10. The van der Waals surface area contributed by atoms with Crippen LogP contribution in [0, 0.1) is 11.3 Å². The molecule has 0 bridgehead atoms. The van der Waals surface area contributed by atoms with Gasteiger partial charge in [0.1, 0.15) is 6.04 Å². The highest BCUT2D eigenvalue weighted by molar-refractivity contribution is 7.89. The summed E-state index contributed by atoms with van der Waals surface area (Å²) in [5, 5.41) is 14.1. The number of rotatable bonds is 6. The fourth-order valence-electron chi connectivity index (χ4n) is 3.88. The molecule has 3 aromatic rings. The molecule has 0 spiro atoms. The summed E-state index contributed by atoms with van der Waals surface area (Å²) in [5.41, 5.74) is 1.19. The van der Waals surface area contributed by atoms with Gasteiger partial charge in [-0.15, -0.1) is 0 Å². The molecule has 1 saturated heterocycles. The quantitative estimate of drug-likeness (QED) is 0.601. The van der Waals surface area contributed by atoms with Crippen molar-refractivity contribution < 1.29 is 13.2 Å². The Balaban J connectivity index is 1.64. The lowest BCUT2D eigenvalue weighted by Crippen LogP contribution is -2.54. The number of nitrogens with one attached hydrogen (secondary N) is 2. The highest BCUT2D eigenvalue weighted by atomic mass is 32.2. The van der Waals surface area contributed by atoms with Crippen molar-refractivity contribution in [1.82, 2.24) is 14.9 Å². The molecule has 1 amide bonds. The third kappa shape index (κ3) is 4.97. The number of carbonyl (C=O) groups is 1. The molecule has 1 fully saturated rings. The van der Waals surface area contributed by atoms with Crippen LogP contribution in [-0.2, 0) is 21.2 Å². The van der Waals surface area contributed by atoms with Crippen molar-refractivity contribution in [2.45, 2.75) is 17.4 Å². The van der Waals surface area contributed by atoms with E-state index in [1.807, 2.05) is 24.3 Å². The minimum Gasteiger partial charge on any atom is -0.339 e. The summed E-state index contributed by atoms with van der Waals surface area (Å²) in [6.45, 7) is 2.37. The van der Waals surface area contributed by atoms with Crippen molar-refractivity contribution in [2.24, 2.45) is 0 Å². The fraction of sp³-hybridized carbons (Fsp3) is 0.250. The van der Waals surface area contributed by atoms with Gasteiger partial charge in [0.2, 0.25) is 15.9 Å². The molecule has 0 radical (unpaired) electrons. The van der Waals surface area contributed by atoms with Crippen LogP contribution in [0.5, 0.6) is 0 Å². The first kappa shape index (κ1) is 22.0. The predicted octanol–water partition coefficient (Wildman–Crippen LogP) is 2.03. The van der Waals surface area contributed by atoms with Crippen molar-refractivity contribution in [1.29, 1.82) is 5.26 Å². The number of amides is 1. The molecule has 1 atom stereocenters. The molecule has 0 aromatic heterocycles. The summed E-state index contributed by atoms with van der Waals surface area (Å²) in [6, 6.07) is 20.4. The minimum atomic E-state index is -3.95. The average molecular weight is 449 g/mol. The van der Waals surface area contributed by atoms with E-state index in [1.165, 1.54) is 0 Å². The van der Waals surface area contributed by atoms with Gasteiger partial charge in [-0.1, -0.05) is 42.5 Å². The number of fused-ring (bicyclic) bond motifs is 1. The van der Waals surface area contributed by atoms with Crippen molar-refractivity contribution in [3.05, 3.63) is 77.9 Å². The van der Waals surface area contributed by atoms with Crippen LogP contribution in [-0.4, -0.2) is 51.4 Å². The lowest BCUT2D eigenvalue weighted by atomic mass is 10.0. The van der Waals surface area contributed by atoms with E-state index in [9.17, 15) is 18.5 Å². The van der Waals surface area contributed by atoms with E-state index in [4.69, 9.17) is 0 Å². The number of hydrogen-bond donors (Lipinski definition) is 2. The van der Waals surface area contributed by atoms with Crippen molar-refractivity contribution in [3.63, 3.8) is 0 Å². The molecule has 7 nitrogen and oxygen atoms in total. The maximum atomic E-state index is 13.3. The second-order valence-electron chi connectivity index (χ2n) is 7.77. The Morgan fingerprint density at radius 1 is 1.03 bits per heavy atom. The van der Waals surface area contributed by atoms with Crippen molar-refractivity contribution >= 4 is 26.7 Å². The van der Waals surface area contributed by atoms with E-state index >= 15 is 0 Å². The molecular weight excluding hydrogens is 424 g/mol. The Hall–Kier alpha value is -3.25. The second kappa shape index (κ2) is 9.49. The zero-order chi connectivity index (χ0) is 22.6. The summed E-state index contributed by atoms with van der Waals surface area (Å²) in [5.74, 6) is -0.266. The van der Waals surface area contributed by atoms with E-state index in [2.05, 4.69) is 16.1 Å². The van der Waals surface area contributed by atoms with Gasteiger partial charge in [-0.2, -0.15) is 9.98 Å². The maximum absolute atomic E-state index is 13.3. The summed E-state index contributed by atoms with van der Waals surface area (Å²) in [4.78, 5) is 15.1. The lowest BCUT2D eigenvalue weighted by molar-refractivity contribution is -0.133. The lowest BCUT2D eigenvalue weighted by Gasteiger charge is -2.31. The number of nitriles is 1. The van der Waals surface area contributed by atoms with Crippen LogP contribution in [0.4, 0.5) is 0 Å². The molecule has 1 unspecified atom stereocenters. The van der Waals surface area contributed by atoms with Gasteiger partial charge < -0.3 is 10.2 Å². The molecule has 8 heteroatoms. The third-order valence-electron chi connectivity index (χ3n) is 5.55. The monoisotopic (exact) mass is 448 g/mol. The molecule has 0 saturated carbocycles. The number of carbonyl (C=O) groups excluding carboxylic acids is 1. The Morgan fingerprint density at radius 3 is 2.53 bits per heavy atom. The van der Waals surface area contributed by atoms with E-state index < -0.39 is 16.1 Å². The van der Waals surface area contributed by atoms with Gasteiger partial charge in [0.05, 0.1) is 16.5 Å². The zero-order valence-corrected chi connectivity index (χ0v) is 18.3. The molecule has 1 aliphatic rings. The normalized spacial score (nSPS) is 15.3. The molecular formula is C24H24N4O3S.